The summed E-state index contributed by atoms with van der Waals surface area (Å²) in [7, 11) is 1.50. The molecule has 3 aromatic rings. The van der Waals surface area contributed by atoms with E-state index in [1.807, 2.05) is 19.2 Å². The van der Waals surface area contributed by atoms with E-state index in [9.17, 15) is 4.79 Å². The zero-order valence-corrected chi connectivity index (χ0v) is 18.4. The van der Waals surface area contributed by atoms with Crippen LogP contribution in [-0.2, 0) is 0 Å². The van der Waals surface area contributed by atoms with E-state index in [-0.39, 0.29) is 5.69 Å². The molecule has 0 spiro atoms. The van der Waals surface area contributed by atoms with Crippen molar-refractivity contribution in [1.82, 2.24) is 14.7 Å². The number of nitrogens with one attached hydrogen (secondary N) is 2. The molecule has 5 rings (SSSR count). The van der Waals surface area contributed by atoms with Crippen LogP contribution in [0.2, 0.25) is 0 Å². The van der Waals surface area contributed by atoms with Crippen LogP contribution in [0.5, 0.6) is 5.75 Å². The van der Waals surface area contributed by atoms with E-state index < -0.39 is 11.7 Å². The number of hydrogen-bond donors (Lipinski definition) is 2. The molecule has 2 N–H and O–H groups in total. The number of pyridine rings is 1. The first-order chi connectivity index (χ1) is 15.5. The molecule has 0 aliphatic carbocycles. The Kier molecular flexibility index (Phi) is 5.46. The Morgan fingerprint density at radius 3 is 2.94 bits per heavy atom. The number of anilines is 2. The first-order valence-electron chi connectivity index (χ1n) is 11.1. The topological polar surface area (TPSA) is 70.9 Å². The smallest absolute Gasteiger partial charge is 0.261 e. The molecule has 2 saturated heterocycles. The molecule has 2 bridgehead atoms. The first kappa shape index (κ1) is 20.8. The highest BCUT2D eigenvalue weighted by atomic mass is 19.1. The number of imidazole rings is 1. The van der Waals surface area contributed by atoms with Gasteiger partial charge >= 0.3 is 0 Å². The Bertz CT molecular complexity index is 1150. The van der Waals surface area contributed by atoms with Crippen molar-refractivity contribution in [3.05, 3.63) is 53.7 Å². The van der Waals surface area contributed by atoms with E-state index in [0.717, 1.165) is 37.4 Å². The summed E-state index contributed by atoms with van der Waals surface area (Å²) in [5.41, 5.74) is 2.83. The number of aromatic nitrogens is 2. The Balaban J connectivity index is 1.37. The number of carbonyl (C=O) groups excluding carboxylic acids is 1. The number of amides is 1. The van der Waals surface area contributed by atoms with Crippen LogP contribution in [0.3, 0.4) is 0 Å². The minimum atomic E-state index is -0.447. The number of aryl methyl sites for hydroxylation is 1. The summed E-state index contributed by atoms with van der Waals surface area (Å²) >= 11 is 0. The third-order valence-corrected chi connectivity index (χ3v) is 6.49. The standard InChI is InChI=1S/C24H28FN5O2/c1-15-11-30-14-19(22(32-2)9-23(30)27-15)24(31)28-21-7-6-18(8-20(21)25)29-12-16-4-3-5-17(13-29)26-10-16/h6-9,11,14,16-17,26H,3-5,10,12-13H2,1-2H3,(H,28,31). The zero-order chi connectivity index (χ0) is 22.2. The number of halogens is 1. The van der Waals surface area contributed by atoms with Crippen molar-refractivity contribution < 1.29 is 13.9 Å². The van der Waals surface area contributed by atoms with Gasteiger partial charge in [0.15, 0.2) is 0 Å². The molecule has 2 unspecified atom stereocenters. The summed E-state index contributed by atoms with van der Waals surface area (Å²) < 4.78 is 22.1. The quantitative estimate of drug-likeness (QED) is 0.652. The number of nitrogens with zero attached hydrogens (tertiary/aromatic N) is 3. The van der Waals surface area contributed by atoms with Crippen LogP contribution in [0.4, 0.5) is 15.8 Å². The number of hydrogen-bond acceptors (Lipinski definition) is 5. The third-order valence-electron chi connectivity index (χ3n) is 6.49. The van der Waals surface area contributed by atoms with Gasteiger partial charge in [0.05, 0.1) is 24.1 Å². The van der Waals surface area contributed by atoms with Crippen LogP contribution in [0.25, 0.3) is 5.65 Å². The predicted octanol–water partition coefficient (Wildman–Crippen LogP) is 3.62. The Morgan fingerprint density at radius 2 is 2.12 bits per heavy atom. The lowest BCUT2D eigenvalue weighted by Crippen LogP contribution is -2.38. The highest BCUT2D eigenvalue weighted by Crippen LogP contribution is 2.29. The molecule has 4 heterocycles. The van der Waals surface area contributed by atoms with Gasteiger partial charge in [0.25, 0.3) is 5.91 Å². The minimum absolute atomic E-state index is 0.149. The molecular weight excluding hydrogens is 409 g/mol. The van der Waals surface area contributed by atoms with Gasteiger partial charge in [-0.05, 0) is 50.4 Å². The van der Waals surface area contributed by atoms with E-state index in [2.05, 4.69) is 20.5 Å². The maximum atomic E-state index is 15.0. The van der Waals surface area contributed by atoms with E-state index in [4.69, 9.17) is 4.74 Å². The summed E-state index contributed by atoms with van der Waals surface area (Å²) in [5, 5.41) is 6.32. The molecular formula is C24H28FN5O2. The van der Waals surface area contributed by atoms with E-state index in [0.29, 0.717) is 28.9 Å². The molecule has 1 amide bonds. The highest BCUT2D eigenvalue weighted by molar-refractivity contribution is 6.06. The summed E-state index contributed by atoms with van der Waals surface area (Å²) in [6, 6.07) is 7.20. The number of methoxy groups -OCH3 is 1. The molecule has 1 aromatic carbocycles. The number of fused-ring (bicyclic) bond motifs is 4. The van der Waals surface area contributed by atoms with Gasteiger partial charge in [-0.2, -0.15) is 0 Å². The third kappa shape index (κ3) is 4.02. The van der Waals surface area contributed by atoms with Crippen LogP contribution in [-0.4, -0.2) is 48.1 Å². The summed E-state index contributed by atoms with van der Waals surface area (Å²) in [5.74, 6) is 0.0902. The second-order valence-electron chi connectivity index (χ2n) is 8.83. The number of benzene rings is 1. The molecule has 2 fully saturated rings. The van der Waals surface area contributed by atoms with Crippen molar-refractivity contribution in [2.45, 2.75) is 32.2 Å². The Hall–Kier alpha value is -3.13. The molecule has 168 valence electrons. The molecule has 2 aliphatic heterocycles. The molecule has 7 nitrogen and oxygen atoms in total. The van der Waals surface area contributed by atoms with Gasteiger partial charge in [0.1, 0.15) is 17.2 Å². The van der Waals surface area contributed by atoms with Crippen LogP contribution < -0.4 is 20.3 Å². The highest BCUT2D eigenvalue weighted by Gasteiger charge is 2.27. The largest absolute Gasteiger partial charge is 0.496 e. The minimum Gasteiger partial charge on any atom is -0.496 e. The summed E-state index contributed by atoms with van der Waals surface area (Å²) in [6.45, 7) is 4.71. The second kappa shape index (κ2) is 8.43. The van der Waals surface area contributed by atoms with E-state index in [1.54, 1.807) is 22.7 Å². The number of ether oxygens (including phenoxy) is 1. The summed E-state index contributed by atoms with van der Waals surface area (Å²) in [4.78, 5) is 19.6. The SMILES string of the molecule is COc1cc2nc(C)cn2cc1C(=O)Nc1ccc(N2CC3CCCC(C2)NC3)cc1F. The van der Waals surface area contributed by atoms with Crippen LogP contribution in [0.15, 0.2) is 36.7 Å². The normalized spacial score (nSPS) is 20.8. The zero-order valence-electron chi connectivity index (χ0n) is 18.4. The van der Waals surface area contributed by atoms with Crippen molar-refractivity contribution >= 4 is 22.9 Å². The molecule has 2 aromatic heterocycles. The molecule has 0 radical (unpaired) electrons. The maximum absolute atomic E-state index is 15.0. The van der Waals surface area contributed by atoms with Crippen molar-refractivity contribution in [2.24, 2.45) is 5.92 Å². The fraction of sp³-hybridized carbons (Fsp3) is 0.417. The van der Waals surface area contributed by atoms with Gasteiger partial charge in [-0.25, -0.2) is 9.37 Å². The van der Waals surface area contributed by atoms with E-state index >= 15 is 4.39 Å². The number of rotatable bonds is 4. The van der Waals surface area contributed by atoms with Gasteiger partial charge in [-0.1, -0.05) is 6.42 Å². The molecule has 2 aliphatic rings. The fourth-order valence-corrected chi connectivity index (χ4v) is 4.84. The Labute approximate surface area is 186 Å². The lowest BCUT2D eigenvalue weighted by molar-refractivity contribution is 0.102. The van der Waals surface area contributed by atoms with Gasteiger partial charge in [0, 0.05) is 43.3 Å². The van der Waals surface area contributed by atoms with Gasteiger partial charge in [-0.15, -0.1) is 0 Å². The van der Waals surface area contributed by atoms with Crippen LogP contribution in [0, 0.1) is 18.7 Å². The van der Waals surface area contributed by atoms with Crippen LogP contribution >= 0.6 is 0 Å². The molecule has 8 heteroatoms. The second-order valence-corrected chi connectivity index (χ2v) is 8.83. The van der Waals surface area contributed by atoms with Crippen molar-refractivity contribution in [3.63, 3.8) is 0 Å². The van der Waals surface area contributed by atoms with E-state index in [1.165, 1.54) is 26.0 Å². The lowest BCUT2D eigenvalue weighted by Gasteiger charge is -2.30. The fourth-order valence-electron chi connectivity index (χ4n) is 4.84. The summed E-state index contributed by atoms with van der Waals surface area (Å²) in [6.07, 6.45) is 7.10. The first-order valence-corrected chi connectivity index (χ1v) is 11.1. The lowest BCUT2D eigenvalue weighted by atomic mass is 9.99. The molecule has 0 saturated carbocycles. The molecule has 32 heavy (non-hydrogen) atoms. The average molecular weight is 438 g/mol. The van der Waals surface area contributed by atoms with Crippen molar-refractivity contribution in [3.8, 4) is 5.75 Å². The monoisotopic (exact) mass is 437 g/mol. The van der Waals surface area contributed by atoms with Crippen LogP contribution in [0.1, 0.15) is 35.3 Å². The average Bonchev–Trinajstić information content (AvgIpc) is 2.91. The van der Waals surface area contributed by atoms with Gasteiger partial charge in [0.2, 0.25) is 0 Å². The number of carbonyl (C=O) groups is 1. The van der Waals surface area contributed by atoms with Gasteiger partial charge in [-0.3, -0.25) is 4.79 Å². The van der Waals surface area contributed by atoms with Crippen molar-refractivity contribution in [2.75, 3.05) is 37.0 Å². The maximum Gasteiger partial charge on any atom is 0.261 e. The van der Waals surface area contributed by atoms with Gasteiger partial charge < -0.3 is 24.7 Å². The van der Waals surface area contributed by atoms with Crippen molar-refractivity contribution in [1.29, 1.82) is 0 Å². The Morgan fingerprint density at radius 1 is 1.25 bits per heavy atom. The predicted molar refractivity (Wildman–Crippen MR) is 122 cm³/mol. The molecule has 2 atom stereocenters.